The van der Waals surface area contributed by atoms with Crippen LogP contribution in [0.4, 0.5) is 13.2 Å². The van der Waals surface area contributed by atoms with Crippen molar-refractivity contribution in [3.63, 3.8) is 0 Å². The summed E-state index contributed by atoms with van der Waals surface area (Å²) >= 11 is 5.98. The van der Waals surface area contributed by atoms with Crippen molar-refractivity contribution in [2.24, 2.45) is 0 Å². The van der Waals surface area contributed by atoms with Gasteiger partial charge in [0.2, 0.25) is 0 Å². The summed E-state index contributed by atoms with van der Waals surface area (Å²) in [7, 11) is -4.43. The van der Waals surface area contributed by atoms with Crippen molar-refractivity contribution in [1.82, 2.24) is 4.90 Å². The number of benzene rings is 3. The van der Waals surface area contributed by atoms with Crippen molar-refractivity contribution in [2.45, 2.75) is 23.2 Å². The second kappa shape index (κ2) is 9.31. The molecule has 1 aliphatic heterocycles. The predicted octanol–water partition coefficient (Wildman–Crippen LogP) is 5.15. The molecule has 1 N–H and O–H groups in total. The average Bonchev–Trinajstić information content (AvgIpc) is 3.23. The van der Waals surface area contributed by atoms with E-state index < -0.39 is 55.0 Å². The molecule has 3 aromatic carbocycles. The van der Waals surface area contributed by atoms with Gasteiger partial charge in [0.15, 0.2) is 15.6 Å². The van der Waals surface area contributed by atoms with Crippen LogP contribution >= 0.6 is 11.6 Å². The molecule has 1 aliphatic rings. The van der Waals surface area contributed by atoms with Crippen molar-refractivity contribution in [1.29, 1.82) is 0 Å². The maximum Gasteiger partial charge on any atom is 0.254 e. The molecule has 10 heteroatoms. The summed E-state index contributed by atoms with van der Waals surface area (Å²) in [6.07, 6.45) is -1.02. The second-order valence-corrected chi connectivity index (χ2v) is 10.4. The van der Waals surface area contributed by atoms with Crippen LogP contribution in [-0.4, -0.2) is 43.6 Å². The zero-order valence-electron chi connectivity index (χ0n) is 17.6. The molecular weight excluding hydrogens is 491 g/mol. The van der Waals surface area contributed by atoms with Gasteiger partial charge in [0.25, 0.3) is 5.91 Å². The number of alkyl halides is 1. The molecule has 1 saturated heterocycles. The summed E-state index contributed by atoms with van der Waals surface area (Å²) < 4.78 is 68.7. The van der Waals surface area contributed by atoms with E-state index in [1.807, 2.05) is 0 Å². The van der Waals surface area contributed by atoms with Crippen LogP contribution in [-0.2, 0) is 15.6 Å². The smallest absolute Gasteiger partial charge is 0.254 e. The molecule has 178 valence electrons. The number of halogens is 4. The molecule has 1 amide bonds. The van der Waals surface area contributed by atoms with Crippen molar-refractivity contribution in [2.75, 3.05) is 13.1 Å². The number of phenols is 1. The number of carbonyl (C=O) groups is 1. The quantitative estimate of drug-likeness (QED) is 0.516. The van der Waals surface area contributed by atoms with Gasteiger partial charge in [-0.2, -0.15) is 0 Å². The summed E-state index contributed by atoms with van der Waals surface area (Å²) in [4.78, 5) is 13.3. The van der Waals surface area contributed by atoms with E-state index in [-0.39, 0.29) is 36.2 Å². The van der Waals surface area contributed by atoms with Gasteiger partial charge < -0.3 is 10.0 Å². The number of hydrogen-bond acceptors (Lipinski definition) is 4. The third-order valence-electron chi connectivity index (χ3n) is 5.59. The van der Waals surface area contributed by atoms with Gasteiger partial charge in [-0.3, -0.25) is 4.79 Å². The first-order chi connectivity index (χ1) is 16.1. The van der Waals surface area contributed by atoms with Crippen LogP contribution in [0.2, 0.25) is 5.02 Å². The van der Waals surface area contributed by atoms with Crippen LogP contribution in [0.3, 0.4) is 0 Å². The lowest BCUT2D eigenvalue weighted by molar-refractivity contribution is 0.0782. The van der Waals surface area contributed by atoms with Gasteiger partial charge in [0.05, 0.1) is 17.3 Å². The SMILES string of the molecule is O=C(c1cc(Cl)c(O)c(S(=O)(=O)Cc2cc(-c3ccccc3)c(F)cc2F)c1)N1CC[C@H](F)C1. The number of phenolic OH excluding ortho intramolecular Hbond substituents is 1. The van der Waals surface area contributed by atoms with E-state index in [0.29, 0.717) is 11.6 Å². The zero-order valence-corrected chi connectivity index (χ0v) is 19.2. The number of carbonyl (C=O) groups excluding carboxylic acids is 1. The molecule has 0 aliphatic carbocycles. The van der Waals surface area contributed by atoms with E-state index in [2.05, 4.69) is 0 Å². The Morgan fingerprint density at radius 2 is 1.79 bits per heavy atom. The number of aromatic hydroxyl groups is 1. The van der Waals surface area contributed by atoms with Gasteiger partial charge in [-0.25, -0.2) is 21.6 Å². The minimum absolute atomic E-state index is 0.00759. The highest BCUT2D eigenvalue weighted by molar-refractivity contribution is 7.90. The number of amides is 1. The minimum Gasteiger partial charge on any atom is -0.505 e. The van der Waals surface area contributed by atoms with Crippen molar-refractivity contribution in [3.05, 3.63) is 82.4 Å². The van der Waals surface area contributed by atoms with Crippen molar-refractivity contribution < 1.29 is 31.5 Å². The number of hydrogen-bond donors (Lipinski definition) is 1. The van der Waals surface area contributed by atoms with E-state index >= 15 is 0 Å². The van der Waals surface area contributed by atoms with Crippen molar-refractivity contribution >= 4 is 27.3 Å². The van der Waals surface area contributed by atoms with Gasteiger partial charge in [-0.1, -0.05) is 41.9 Å². The topological polar surface area (TPSA) is 74.7 Å². The molecule has 1 heterocycles. The van der Waals surface area contributed by atoms with E-state index in [4.69, 9.17) is 11.6 Å². The summed E-state index contributed by atoms with van der Waals surface area (Å²) in [5.74, 6) is -4.30. The van der Waals surface area contributed by atoms with Crippen LogP contribution in [0, 0.1) is 11.6 Å². The maximum atomic E-state index is 14.5. The van der Waals surface area contributed by atoms with Crippen LogP contribution in [0.1, 0.15) is 22.3 Å². The molecule has 0 radical (unpaired) electrons. The van der Waals surface area contributed by atoms with Crippen LogP contribution in [0.25, 0.3) is 11.1 Å². The zero-order chi connectivity index (χ0) is 24.6. The Balaban J connectivity index is 1.72. The summed E-state index contributed by atoms with van der Waals surface area (Å²) in [6.45, 7) is 0.0199. The largest absolute Gasteiger partial charge is 0.505 e. The van der Waals surface area contributed by atoms with E-state index in [1.165, 1.54) is 4.90 Å². The standard InChI is InChI=1S/C24H19ClF3NO4S/c25-19-9-15(24(31)29-7-6-17(26)12-29)10-22(23(19)30)34(32,33)13-16-8-18(21(28)11-20(16)27)14-4-2-1-3-5-14/h1-5,8-11,17,30H,6-7,12-13H2/t17-/m0/s1. The maximum absolute atomic E-state index is 14.5. The molecule has 34 heavy (non-hydrogen) atoms. The molecule has 5 nitrogen and oxygen atoms in total. The van der Waals surface area contributed by atoms with Gasteiger partial charge in [-0.05, 0) is 30.2 Å². The highest BCUT2D eigenvalue weighted by atomic mass is 35.5. The fourth-order valence-corrected chi connectivity index (χ4v) is 5.62. The third kappa shape index (κ3) is 4.76. The van der Waals surface area contributed by atoms with Crippen LogP contribution in [0.5, 0.6) is 5.75 Å². The van der Waals surface area contributed by atoms with E-state index in [0.717, 1.165) is 18.2 Å². The Hall–Kier alpha value is -3.04. The van der Waals surface area contributed by atoms with E-state index in [1.54, 1.807) is 30.3 Å². The molecule has 3 aromatic rings. The fraction of sp³-hybridized carbons (Fsp3) is 0.208. The second-order valence-electron chi connectivity index (χ2n) is 7.99. The Labute approximate surface area is 199 Å². The van der Waals surface area contributed by atoms with Crippen molar-refractivity contribution in [3.8, 4) is 16.9 Å². The number of rotatable bonds is 5. The van der Waals surface area contributed by atoms with Gasteiger partial charge in [0, 0.05) is 29.3 Å². The van der Waals surface area contributed by atoms with Crippen LogP contribution in [0.15, 0.2) is 59.5 Å². The average molecular weight is 510 g/mol. The lowest BCUT2D eigenvalue weighted by atomic mass is 10.0. The van der Waals surface area contributed by atoms with Gasteiger partial charge >= 0.3 is 0 Å². The molecular formula is C24H19ClF3NO4S. The first-order valence-corrected chi connectivity index (χ1v) is 12.3. The minimum atomic E-state index is -4.43. The molecule has 0 bridgehead atoms. The molecule has 0 aromatic heterocycles. The van der Waals surface area contributed by atoms with Crippen LogP contribution < -0.4 is 0 Å². The summed E-state index contributed by atoms with van der Waals surface area (Å²) in [5, 5.41) is 9.92. The molecule has 0 saturated carbocycles. The van der Waals surface area contributed by atoms with E-state index in [9.17, 15) is 31.5 Å². The monoisotopic (exact) mass is 509 g/mol. The lowest BCUT2D eigenvalue weighted by Crippen LogP contribution is -2.29. The highest BCUT2D eigenvalue weighted by Crippen LogP contribution is 2.36. The summed E-state index contributed by atoms with van der Waals surface area (Å²) in [6, 6.07) is 11.9. The van der Waals surface area contributed by atoms with Gasteiger partial charge in [0.1, 0.15) is 22.7 Å². The first-order valence-electron chi connectivity index (χ1n) is 10.3. The number of likely N-dealkylation sites (tertiary alicyclic amines) is 1. The highest BCUT2D eigenvalue weighted by Gasteiger charge is 2.30. The fourth-order valence-electron chi connectivity index (χ4n) is 3.84. The number of sulfone groups is 1. The first kappa shape index (κ1) is 24.1. The Morgan fingerprint density at radius 3 is 2.44 bits per heavy atom. The Morgan fingerprint density at radius 1 is 1.09 bits per heavy atom. The number of nitrogens with zero attached hydrogens (tertiary/aromatic N) is 1. The third-order valence-corrected chi connectivity index (χ3v) is 7.56. The normalized spacial score (nSPS) is 16.1. The molecule has 0 unspecified atom stereocenters. The summed E-state index contributed by atoms with van der Waals surface area (Å²) in [5.41, 5.74) is -0.0468. The molecule has 1 atom stereocenters. The Bertz CT molecular complexity index is 1370. The Kier molecular flexibility index (Phi) is 6.60. The molecule has 0 spiro atoms. The van der Waals surface area contributed by atoms with Gasteiger partial charge in [-0.15, -0.1) is 0 Å². The predicted molar refractivity (Wildman–Crippen MR) is 121 cm³/mol. The molecule has 4 rings (SSSR count). The molecule has 1 fully saturated rings. The lowest BCUT2D eigenvalue weighted by Gasteiger charge is -2.17.